The average molecular weight is 395 g/mol. The number of carbonyl (C=O) groups is 1. The molecule has 0 radical (unpaired) electrons. The minimum absolute atomic E-state index is 0.0173. The Labute approximate surface area is 162 Å². The molecule has 2 aromatic rings. The van der Waals surface area contributed by atoms with Gasteiger partial charge in [-0.2, -0.15) is 0 Å². The highest BCUT2D eigenvalue weighted by molar-refractivity contribution is 6.31. The standard InChI is InChI=1S/C20H21ClF2N2O2/c21-15-2-7-19(23)18(14-15)20(26)25-11-9-24(10-12-25)8-1-13-27-17-5-3-16(22)4-6-17/h2-7,14H,1,8-13H2. The van der Waals surface area contributed by atoms with Gasteiger partial charge in [0.05, 0.1) is 12.2 Å². The molecule has 1 amide bonds. The van der Waals surface area contributed by atoms with Crippen LogP contribution in [0.1, 0.15) is 16.8 Å². The molecule has 144 valence electrons. The Morgan fingerprint density at radius 1 is 1.04 bits per heavy atom. The maximum absolute atomic E-state index is 13.9. The van der Waals surface area contributed by atoms with Crippen molar-refractivity contribution in [1.82, 2.24) is 9.80 Å². The largest absolute Gasteiger partial charge is 0.494 e. The lowest BCUT2D eigenvalue weighted by Gasteiger charge is -2.34. The van der Waals surface area contributed by atoms with Gasteiger partial charge in [-0.05, 0) is 48.9 Å². The number of nitrogens with zero attached hydrogens (tertiary/aromatic N) is 2. The van der Waals surface area contributed by atoms with Gasteiger partial charge >= 0.3 is 0 Å². The van der Waals surface area contributed by atoms with Gasteiger partial charge in [0.15, 0.2) is 0 Å². The molecule has 0 N–H and O–H groups in total. The molecule has 1 fully saturated rings. The maximum atomic E-state index is 13.9. The number of benzene rings is 2. The summed E-state index contributed by atoms with van der Waals surface area (Å²) < 4.78 is 32.3. The molecule has 0 aromatic heterocycles. The van der Waals surface area contributed by atoms with Crippen molar-refractivity contribution in [3.05, 3.63) is 64.7 Å². The molecule has 27 heavy (non-hydrogen) atoms. The van der Waals surface area contributed by atoms with E-state index < -0.39 is 5.82 Å². The van der Waals surface area contributed by atoms with Crippen LogP contribution in [0.2, 0.25) is 5.02 Å². The molecule has 0 saturated carbocycles. The van der Waals surface area contributed by atoms with Gasteiger partial charge in [-0.25, -0.2) is 8.78 Å². The van der Waals surface area contributed by atoms with Crippen molar-refractivity contribution in [2.45, 2.75) is 6.42 Å². The summed E-state index contributed by atoms with van der Waals surface area (Å²) in [6.07, 6.45) is 0.828. The van der Waals surface area contributed by atoms with Crippen molar-refractivity contribution in [1.29, 1.82) is 0 Å². The van der Waals surface area contributed by atoms with Crippen LogP contribution >= 0.6 is 11.6 Å². The van der Waals surface area contributed by atoms with Gasteiger partial charge in [0.2, 0.25) is 0 Å². The first kappa shape index (κ1) is 19.6. The Balaban J connectivity index is 1.40. The monoisotopic (exact) mass is 394 g/mol. The second-order valence-corrected chi connectivity index (χ2v) is 6.85. The fourth-order valence-electron chi connectivity index (χ4n) is 3.02. The molecule has 2 aromatic carbocycles. The van der Waals surface area contributed by atoms with Gasteiger partial charge < -0.3 is 9.64 Å². The normalized spacial score (nSPS) is 15.0. The number of carbonyl (C=O) groups excluding carboxylic acids is 1. The van der Waals surface area contributed by atoms with Crippen LogP contribution in [0, 0.1) is 11.6 Å². The molecule has 4 nitrogen and oxygen atoms in total. The number of piperazine rings is 1. The van der Waals surface area contributed by atoms with Crippen LogP contribution in [0.15, 0.2) is 42.5 Å². The van der Waals surface area contributed by atoms with Crippen LogP contribution in [0.5, 0.6) is 5.75 Å². The van der Waals surface area contributed by atoms with Crippen LogP contribution in [-0.4, -0.2) is 55.0 Å². The van der Waals surface area contributed by atoms with Gasteiger partial charge in [-0.3, -0.25) is 9.69 Å². The van der Waals surface area contributed by atoms with E-state index in [1.165, 1.54) is 30.3 Å². The first-order valence-electron chi connectivity index (χ1n) is 8.88. The summed E-state index contributed by atoms with van der Waals surface area (Å²) in [5.41, 5.74) is 0.0173. The Morgan fingerprint density at radius 2 is 1.74 bits per heavy atom. The first-order chi connectivity index (χ1) is 13.0. The van der Waals surface area contributed by atoms with Gasteiger partial charge in [0.1, 0.15) is 17.4 Å². The molecular weight excluding hydrogens is 374 g/mol. The van der Waals surface area contributed by atoms with Gasteiger partial charge in [-0.1, -0.05) is 11.6 Å². The number of hydrogen-bond acceptors (Lipinski definition) is 3. The molecule has 3 rings (SSSR count). The molecule has 0 unspecified atom stereocenters. The molecule has 0 aliphatic carbocycles. The third kappa shape index (κ3) is 5.40. The molecule has 1 aliphatic heterocycles. The van der Waals surface area contributed by atoms with E-state index in [2.05, 4.69) is 4.90 Å². The molecule has 0 spiro atoms. The lowest BCUT2D eigenvalue weighted by molar-refractivity contribution is 0.0626. The highest BCUT2D eigenvalue weighted by atomic mass is 35.5. The van der Waals surface area contributed by atoms with Crippen LogP contribution in [-0.2, 0) is 0 Å². The zero-order valence-corrected chi connectivity index (χ0v) is 15.6. The molecule has 1 saturated heterocycles. The summed E-state index contributed by atoms with van der Waals surface area (Å²) >= 11 is 5.87. The van der Waals surface area contributed by atoms with E-state index >= 15 is 0 Å². The topological polar surface area (TPSA) is 32.8 Å². The molecule has 0 atom stereocenters. The summed E-state index contributed by atoms with van der Waals surface area (Å²) in [6, 6.07) is 9.97. The zero-order valence-electron chi connectivity index (χ0n) is 14.8. The summed E-state index contributed by atoms with van der Waals surface area (Å²) in [7, 11) is 0. The van der Waals surface area contributed by atoms with E-state index in [0.717, 1.165) is 26.1 Å². The van der Waals surface area contributed by atoms with Crippen molar-refractivity contribution in [3.63, 3.8) is 0 Å². The summed E-state index contributed by atoms with van der Waals surface area (Å²) in [5.74, 6) is -0.512. The van der Waals surface area contributed by atoms with Gasteiger partial charge in [-0.15, -0.1) is 0 Å². The number of amides is 1. The summed E-state index contributed by atoms with van der Waals surface area (Å²) in [6.45, 7) is 3.93. The number of ether oxygens (including phenoxy) is 1. The fraction of sp³-hybridized carbons (Fsp3) is 0.350. The Morgan fingerprint density at radius 3 is 2.44 bits per heavy atom. The molecule has 1 heterocycles. The van der Waals surface area contributed by atoms with Gasteiger partial charge in [0, 0.05) is 37.7 Å². The second-order valence-electron chi connectivity index (χ2n) is 6.41. The van der Waals surface area contributed by atoms with E-state index in [9.17, 15) is 13.6 Å². The first-order valence-corrected chi connectivity index (χ1v) is 9.26. The zero-order chi connectivity index (χ0) is 19.2. The number of rotatable bonds is 6. The SMILES string of the molecule is O=C(c1cc(Cl)ccc1F)N1CCN(CCCOc2ccc(F)cc2)CC1. The van der Waals surface area contributed by atoms with E-state index in [-0.39, 0.29) is 17.3 Å². The Bertz CT molecular complexity index is 778. The molecule has 0 bridgehead atoms. The van der Waals surface area contributed by atoms with Crippen molar-refractivity contribution < 1.29 is 18.3 Å². The Kier molecular flexibility index (Phi) is 6.63. The average Bonchev–Trinajstić information content (AvgIpc) is 2.68. The van der Waals surface area contributed by atoms with Crippen molar-refractivity contribution in [2.75, 3.05) is 39.3 Å². The van der Waals surface area contributed by atoms with Crippen LogP contribution in [0.25, 0.3) is 0 Å². The lowest BCUT2D eigenvalue weighted by Crippen LogP contribution is -2.49. The van der Waals surface area contributed by atoms with Crippen molar-refractivity contribution >= 4 is 17.5 Å². The Hall–Kier alpha value is -2.18. The maximum Gasteiger partial charge on any atom is 0.256 e. The quantitative estimate of drug-likeness (QED) is 0.698. The van der Waals surface area contributed by atoms with E-state index in [0.29, 0.717) is 30.5 Å². The second kappa shape index (κ2) is 9.15. The third-order valence-electron chi connectivity index (χ3n) is 4.52. The van der Waals surface area contributed by atoms with Crippen LogP contribution < -0.4 is 4.74 Å². The predicted octanol–water partition coefficient (Wildman–Crippen LogP) is 3.85. The van der Waals surface area contributed by atoms with Crippen LogP contribution in [0.4, 0.5) is 8.78 Å². The molecule has 7 heteroatoms. The summed E-state index contributed by atoms with van der Waals surface area (Å²) in [4.78, 5) is 16.4. The van der Waals surface area contributed by atoms with Gasteiger partial charge in [0.25, 0.3) is 5.91 Å². The third-order valence-corrected chi connectivity index (χ3v) is 4.75. The fourth-order valence-corrected chi connectivity index (χ4v) is 3.19. The lowest BCUT2D eigenvalue weighted by atomic mass is 10.1. The van der Waals surface area contributed by atoms with Crippen molar-refractivity contribution in [3.8, 4) is 5.75 Å². The van der Waals surface area contributed by atoms with E-state index in [1.807, 2.05) is 0 Å². The molecule has 1 aliphatic rings. The number of hydrogen-bond donors (Lipinski definition) is 0. The smallest absolute Gasteiger partial charge is 0.256 e. The van der Waals surface area contributed by atoms with E-state index in [1.54, 1.807) is 17.0 Å². The highest BCUT2D eigenvalue weighted by Crippen LogP contribution is 2.18. The summed E-state index contributed by atoms with van der Waals surface area (Å²) in [5, 5.41) is 0.347. The minimum Gasteiger partial charge on any atom is -0.494 e. The van der Waals surface area contributed by atoms with Crippen molar-refractivity contribution in [2.24, 2.45) is 0 Å². The number of halogens is 3. The van der Waals surface area contributed by atoms with Crippen LogP contribution in [0.3, 0.4) is 0 Å². The van der Waals surface area contributed by atoms with E-state index in [4.69, 9.17) is 16.3 Å². The highest BCUT2D eigenvalue weighted by Gasteiger charge is 2.24. The molecular formula is C20H21ClF2N2O2. The predicted molar refractivity (Wildman–Crippen MR) is 100 cm³/mol. The minimum atomic E-state index is -0.551.